The standard InChI is InChI=1S/C9H9S/c1-5-2-8-6-3-7(4-6)9(8)10-5/h2,6-7H,1,3-4H2/q-1. The topological polar surface area (TPSA) is 0 Å². The van der Waals surface area contributed by atoms with E-state index >= 15 is 0 Å². The van der Waals surface area contributed by atoms with Gasteiger partial charge in [0.1, 0.15) is 0 Å². The zero-order valence-corrected chi connectivity index (χ0v) is 6.58. The van der Waals surface area contributed by atoms with E-state index in [9.17, 15) is 0 Å². The summed E-state index contributed by atoms with van der Waals surface area (Å²) in [5.74, 6) is 1.88. The highest BCUT2D eigenvalue weighted by Crippen LogP contribution is 2.62. The van der Waals surface area contributed by atoms with Gasteiger partial charge in [0.25, 0.3) is 0 Å². The van der Waals surface area contributed by atoms with Gasteiger partial charge in [-0.25, -0.2) is 0 Å². The molecule has 1 fully saturated rings. The molecule has 0 unspecified atom stereocenters. The second-order valence-electron chi connectivity index (χ2n) is 3.40. The molecule has 0 aromatic heterocycles. The number of thioether (sulfide) groups is 1. The Morgan fingerprint density at radius 1 is 1.40 bits per heavy atom. The Balaban J connectivity index is 2.04. The van der Waals surface area contributed by atoms with Gasteiger partial charge in [-0.1, -0.05) is 18.8 Å². The minimum Gasteiger partial charge on any atom is -0.189 e. The summed E-state index contributed by atoms with van der Waals surface area (Å²) >= 11 is 1.92. The van der Waals surface area contributed by atoms with E-state index in [1.54, 1.807) is 10.5 Å². The van der Waals surface area contributed by atoms with Gasteiger partial charge in [-0.05, 0) is 5.92 Å². The first-order valence-corrected chi connectivity index (χ1v) is 4.62. The molecule has 1 heteroatoms. The fourth-order valence-corrected chi connectivity index (χ4v) is 3.37. The summed E-state index contributed by atoms with van der Waals surface area (Å²) in [6.07, 6.45) is 5.18. The zero-order valence-electron chi connectivity index (χ0n) is 5.76. The normalized spacial score (nSPS) is 41.4. The van der Waals surface area contributed by atoms with Crippen LogP contribution in [0.5, 0.6) is 0 Å². The molecule has 0 aromatic carbocycles. The molecule has 0 radical (unpaired) electrons. The summed E-state index contributed by atoms with van der Waals surface area (Å²) in [5, 5.41) is 0. The molecule has 0 aromatic rings. The van der Waals surface area contributed by atoms with Crippen molar-refractivity contribution < 1.29 is 0 Å². The molecular weight excluding hydrogens is 140 g/mol. The van der Waals surface area contributed by atoms with Gasteiger partial charge in [0.2, 0.25) is 0 Å². The maximum absolute atomic E-state index is 3.96. The quantitative estimate of drug-likeness (QED) is 0.477. The highest BCUT2D eigenvalue weighted by Gasteiger charge is 2.40. The SMILES string of the molecule is C=C1[CH-]C2=C(S1)C1CC2C1. The second kappa shape index (κ2) is 1.48. The Hall–Kier alpha value is -0.300. The first-order chi connectivity index (χ1) is 4.84. The molecule has 52 valence electrons. The predicted octanol–water partition coefficient (Wildman–Crippen LogP) is 2.75. The van der Waals surface area contributed by atoms with Crippen molar-refractivity contribution in [1.82, 2.24) is 0 Å². The van der Waals surface area contributed by atoms with Gasteiger partial charge in [-0.3, -0.25) is 0 Å². The average Bonchev–Trinajstić information content (AvgIpc) is 2.20. The molecule has 3 aliphatic carbocycles. The molecule has 0 spiro atoms. The fourth-order valence-electron chi connectivity index (χ4n) is 2.20. The van der Waals surface area contributed by atoms with Crippen LogP contribution in [-0.4, -0.2) is 0 Å². The van der Waals surface area contributed by atoms with E-state index in [0.717, 1.165) is 11.8 Å². The smallest absolute Gasteiger partial charge is 0.0386 e. The lowest BCUT2D eigenvalue weighted by atomic mass is 9.80. The summed E-state index contributed by atoms with van der Waals surface area (Å²) < 4.78 is 0. The van der Waals surface area contributed by atoms with Crippen LogP contribution >= 0.6 is 11.8 Å². The van der Waals surface area contributed by atoms with Gasteiger partial charge in [0, 0.05) is 0 Å². The molecule has 0 saturated heterocycles. The van der Waals surface area contributed by atoms with Crippen molar-refractivity contribution in [3.05, 3.63) is 28.4 Å². The van der Waals surface area contributed by atoms with Crippen LogP contribution in [0.2, 0.25) is 0 Å². The number of rotatable bonds is 0. The van der Waals surface area contributed by atoms with Crippen molar-refractivity contribution in [2.75, 3.05) is 0 Å². The molecule has 4 rings (SSSR count). The van der Waals surface area contributed by atoms with Gasteiger partial charge in [-0.15, -0.1) is 15.4 Å². The molecule has 1 heterocycles. The van der Waals surface area contributed by atoms with Crippen LogP contribution in [0.25, 0.3) is 0 Å². The third-order valence-corrected chi connectivity index (χ3v) is 3.96. The van der Waals surface area contributed by atoms with E-state index in [1.165, 1.54) is 17.7 Å². The Labute approximate surface area is 65.4 Å². The lowest BCUT2D eigenvalue weighted by molar-refractivity contribution is 0.323. The highest BCUT2D eigenvalue weighted by molar-refractivity contribution is 8.07. The summed E-state index contributed by atoms with van der Waals surface area (Å²) in [7, 11) is 0. The van der Waals surface area contributed by atoms with Gasteiger partial charge in [0.05, 0.1) is 0 Å². The molecule has 4 aliphatic rings. The largest absolute Gasteiger partial charge is 0.189 e. The van der Waals surface area contributed by atoms with E-state index in [0.29, 0.717) is 0 Å². The van der Waals surface area contributed by atoms with Crippen molar-refractivity contribution in [2.24, 2.45) is 11.8 Å². The number of hydrogen-bond donors (Lipinski definition) is 0. The molecule has 1 saturated carbocycles. The van der Waals surface area contributed by atoms with Crippen LogP contribution in [0.15, 0.2) is 22.0 Å². The van der Waals surface area contributed by atoms with Crippen LogP contribution in [0, 0.1) is 18.3 Å². The van der Waals surface area contributed by atoms with Gasteiger partial charge in [0.15, 0.2) is 0 Å². The molecule has 1 aliphatic heterocycles. The van der Waals surface area contributed by atoms with E-state index in [1.807, 2.05) is 11.8 Å². The monoisotopic (exact) mass is 149 g/mol. The van der Waals surface area contributed by atoms with E-state index < -0.39 is 0 Å². The van der Waals surface area contributed by atoms with Crippen LogP contribution in [0.3, 0.4) is 0 Å². The number of hydrogen-bond acceptors (Lipinski definition) is 1. The van der Waals surface area contributed by atoms with Gasteiger partial charge >= 0.3 is 0 Å². The third-order valence-electron chi connectivity index (χ3n) is 2.79. The lowest BCUT2D eigenvalue weighted by Crippen LogP contribution is -2.16. The second-order valence-corrected chi connectivity index (χ2v) is 4.57. The van der Waals surface area contributed by atoms with Crippen LogP contribution in [0.4, 0.5) is 0 Å². The maximum atomic E-state index is 3.96. The molecule has 0 N–H and O–H groups in total. The summed E-state index contributed by atoms with van der Waals surface area (Å²) in [6, 6.07) is 0. The van der Waals surface area contributed by atoms with Gasteiger partial charge < -0.3 is 0 Å². The van der Waals surface area contributed by atoms with Gasteiger partial charge in [-0.2, -0.15) is 24.8 Å². The lowest BCUT2D eigenvalue weighted by Gasteiger charge is -2.31. The first kappa shape index (κ1) is 5.36. The molecule has 0 atom stereocenters. The summed E-state index contributed by atoms with van der Waals surface area (Å²) in [4.78, 5) is 2.93. The van der Waals surface area contributed by atoms with Crippen LogP contribution in [-0.2, 0) is 0 Å². The molecule has 2 bridgehead atoms. The van der Waals surface area contributed by atoms with Crippen molar-refractivity contribution in [1.29, 1.82) is 0 Å². The summed E-state index contributed by atoms with van der Waals surface area (Å²) in [5.41, 5.74) is 1.64. The average molecular weight is 149 g/mol. The van der Waals surface area contributed by atoms with Crippen LogP contribution in [0.1, 0.15) is 12.8 Å². The van der Waals surface area contributed by atoms with E-state index in [-0.39, 0.29) is 0 Å². The Morgan fingerprint density at radius 3 is 2.90 bits per heavy atom. The maximum Gasteiger partial charge on any atom is -0.0386 e. The van der Waals surface area contributed by atoms with E-state index in [4.69, 9.17) is 0 Å². The molecular formula is C9H9S-. The Morgan fingerprint density at radius 2 is 2.20 bits per heavy atom. The van der Waals surface area contributed by atoms with Crippen molar-refractivity contribution >= 4 is 11.8 Å². The third kappa shape index (κ3) is 0.450. The van der Waals surface area contributed by atoms with Crippen molar-refractivity contribution in [2.45, 2.75) is 12.8 Å². The zero-order chi connectivity index (χ0) is 6.72. The number of allylic oxidation sites excluding steroid dienone is 3. The Kier molecular flexibility index (Phi) is 0.791. The molecule has 0 nitrogen and oxygen atoms in total. The minimum atomic E-state index is 0.937. The highest BCUT2D eigenvalue weighted by atomic mass is 32.2. The minimum absolute atomic E-state index is 0.937. The summed E-state index contributed by atoms with van der Waals surface area (Å²) in [6.45, 7) is 3.96. The van der Waals surface area contributed by atoms with Crippen molar-refractivity contribution in [3.8, 4) is 0 Å². The van der Waals surface area contributed by atoms with Crippen molar-refractivity contribution in [3.63, 3.8) is 0 Å². The Bertz CT molecular complexity index is 221. The first-order valence-electron chi connectivity index (χ1n) is 3.80. The van der Waals surface area contributed by atoms with Crippen LogP contribution < -0.4 is 0 Å². The predicted molar refractivity (Wildman–Crippen MR) is 44.3 cm³/mol. The molecule has 0 amide bonds. The fraction of sp³-hybridized carbons (Fsp3) is 0.444. The van der Waals surface area contributed by atoms with E-state index in [2.05, 4.69) is 13.0 Å². The molecule has 10 heavy (non-hydrogen) atoms.